The van der Waals surface area contributed by atoms with Gasteiger partial charge in [0.15, 0.2) is 0 Å². The highest BCUT2D eigenvalue weighted by Crippen LogP contribution is 2.19. The van der Waals surface area contributed by atoms with Crippen molar-refractivity contribution in [1.29, 1.82) is 0 Å². The highest BCUT2D eigenvalue weighted by Gasteiger charge is 2.19. The molecule has 0 fully saturated rings. The molecule has 0 radical (unpaired) electrons. The zero-order valence-corrected chi connectivity index (χ0v) is 14.4. The number of aromatic nitrogens is 2. The van der Waals surface area contributed by atoms with Gasteiger partial charge in [-0.3, -0.25) is 14.3 Å². The van der Waals surface area contributed by atoms with E-state index in [4.69, 9.17) is 5.11 Å². The number of benzene rings is 2. The van der Waals surface area contributed by atoms with Crippen molar-refractivity contribution in [3.05, 3.63) is 89.5 Å². The number of nitrogens with one attached hydrogen (secondary N) is 1. The predicted octanol–water partition coefficient (Wildman–Crippen LogP) is 3.02. The highest BCUT2D eigenvalue weighted by atomic mass is 19.1. The Labute approximate surface area is 155 Å². The molecule has 3 aromatic rings. The number of nitrogens with zero attached hydrogens (tertiary/aromatic N) is 2. The molecule has 6 nitrogen and oxygen atoms in total. The largest absolute Gasteiger partial charge is 0.481 e. The van der Waals surface area contributed by atoms with E-state index in [0.717, 1.165) is 5.56 Å². The van der Waals surface area contributed by atoms with Crippen molar-refractivity contribution < 1.29 is 19.1 Å². The second-order valence-corrected chi connectivity index (χ2v) is 6.08. The van der Waals surface area contributed by atoms with E-state index in [0.29, 0.717) is 17.7 Å². The lowest BCUT2D eigenvalue weighted by Crippen LogP contribution is -2.30. The number of aliphatic carboxylic acids is 1. The van der Waals surface area contributed by atoms with Crippen LogP contribution in [0.4, 0.5) is 4.39 Å². The molecule has 138 valence electrons. The van der Waals surface area contributed by atoms with Gasteiger partial charge in [0.05, 0.1) is 19.0 Å². The van der Waals surface area contributed by atoms with Crippen LogP contribution in [0.2, 0.25) is 0 Å². The summed E-state index contributed by atoms with van der Waals surface area (Å²) in [6.45, 7) is 0.518. The van der Waals surface area contributed by atoms with E-state index in [1.807, 2.05) is 18.3 Å². The summed E-state index contributed by atoms with van der Waals surface area (Å²) in [4.78, 5) is 23.8. The monoisotopic (exact) mass is 367 g/mol. The smallest absolute Gasteiger partial charge is 0.305 e. The molecule has 1 atom stereocenters. The molecule has 1 aromatic heterocycles. The zero-order chi connectivity index (χ0) is 19.2. The van der Waals surface area contributed by atoms with Gasteiger partial charge in [0.2, 0.25) is 0 Å². The van der Waals surface area contributed by atoms with Gasteiger partial charge in [-0.15, -0.1) is 0 Å². The molecule has 0 aliphatic rings. The number of rotatable bonds is 7. The Hall–Kier alpha value is -3.48. The Bertz CT molecular complexity index is 924. The summed E-state index contributed by atoms with van der Waals surface area (Å²) < 4.78 is 14.9. The number of carbonyl (C=O) groups excluding carboxylic acids is 1. The van der Waals surface area contributed by atoms with E-state index in [9.17, 15) is 14.0 Å². The predicted molar refractivity (Wildman–Crippen MR) is 96.6 cm³/mol. The third-order valence-corrected chi connectivity index (χ3v) is 4.05. The molecule has 0 saturated heterocycles. The van der Waals surface area contributed by atoms with Crippen LogP contribution < -0.4 is 5.32 Å². The van der Waals surface area contributed by atoms with Crippen LogP contribution in [0.5, 0.6) is 0 Å². The van der Waals surface area contributed by atoms with Gasteiger partial charge in [0.25, 0.3) is 5.91 Å². The Balaban J connectivity index is 1.76. The van der Waals surface area contributed by atoms with Crippen LogP contribution in [0.25, 0.3) is 0 Å². The molecule has 0 bridgehead atoms. The molecule has 2 aromatic carbocycles. The molecule has 3 rings (SSSR count). The average molecular weight is 367 g/mol. The number of carboxylic acid groups (broad SMARTS) is 1. The molecular formula is C20H18FN3O3. The first-order valence-electron chi connectivity index (χ1n) is 8.36. The molecule has 1 amide bonds. The van der Waals surface area contributed by atoms with E-state index in [1.54, 1.807) is 29.1 Å². The molecule has 0 unspecified atom stereocenters. The molecule has 0 spiro atoms. The van der Waals surface area contributed by atoms with Crippen LogP contribution in [0.15, 0.2) is 67.0 Å². The first kappa shape index (κ1) is 18.3. The van der Waals surface area contributed by atoms with Gasteiger partial charge in [-0.2, -0.15) is 5.10 Å². The Morgan fingerprint density at radius 1 is 1.15 bits per heavy atom. The van der Waals surface area contributed by atoms with Crippen LogP contribution in [0, 0.1) is 5.82 Å². The summed E-state index contributed by atoms with van der Waals surface area (Å²) in [6.07, 6.45) is 3.20. The standard InChI is InChI=1S/C20H18FN3O3/c21-17-7-5-15(6-8-17)18(12-19(25)26)23-20(27)16-4-1-3-14(11-16)13-24-10-2-9-22-24/h1-11,18H,12-13H2,(H,23,27)(H,25,26)/t18-/m1/s1. The summed E-state index contributed by atoms with van der Waals surface area (Å²) >= 11 is 0. The number of carboxylic acids is 1. The van der Waals surface area contributed by atoms with Crippen LogP contribution in [-0.4, -0.2) is 26.8 Å². The summed E-state index contributed by atoms with van der Waals surface area (Å²) in [5, 5.41) is 16.0. The molecule has 0 saturated carbocycles. The van der Waals surface area contributed by atoms with Crippen molar-refractivity contribution in [1.82, 2.24) is 15.1 Å². The normalized spacial score (nSPS) is 11.7. The zero-order valence-electron chi connectivity index (χ0n) is 14.4. The minimum atomic E-state index is -1.06. The maximum atomic E-state index is 13.1. The highest BCUT2D eigenvalue weighted by molar-refractivity contribution is 5.94. The van der Waals surface area contributed by atoms with Crippen molar-refractivity contribution in [2.24, 2.45) is 0 Å². The minimum absolute atomic E-state index is 0.301. The summed E-state index contributed by atoms with van der Waals surface area (Å²) in [5.74, 6) is -1.88. The fourth-order valence-electron chi connectivity index (χ4n) is 2.76. The second kappa shape index (κ2) is 8.27. The van der Waals surface area contributed by atoms with Crippen molar-refractivity contribution in [3.8, 4) is 0 Å². The average Bonchev–Trinajstić information content (AvgIpc) is 3.14. The second-order valence-electron chi connectivity index (χ2n) is 6.08. The maximum Gasteiger partial charge on any atom is 0.305 e. The Morgan fingerprint density at radius 3 is 2.59 bits per heavy atom. The lowest BCUT2D eigenvalue weighted by Gasteiger charge is -2.18. The maximum absolute atomic E-state index is 13.1. The number of hydrogen-bond donors (Lipinski definition) is 2. The number of halogens is 1. The summed E-state index contributed by atoms with van der Waals surface area (Å²) in [5.41, 5.74) is 1.83. The molecule has 7 heteroatoms. The first-order valence-corrected chi connectivity index (χ1v) is 8.36. The van der Waals surface area contributed by atoms with Crippen molar-refractivity contribution >= 4 is 11.9 Å². The van der Waals surface area contributed by atoms with Crippen molar-refractivity contribution in [2.75, 3.05) is 0 Å². The van der Waals surface area contributed by atoms with Gasteiger partial charge < -0.3 is 10.4 Å². The lowest BCUT2D eigenvalue weighted by molar-refractivity contribution is -0.137. The van der Waals surface area contributed by atoms with Crippen LogP contribution in [0.1, 0.15) is 33.9 Å². The van der Waals surface area contributed by atoms with Crippen molar-refractivity contribution in [3.63, 3.8) is 0 Å². The Kier molecular flexibility index (Phi) is 5.61. The van der Waals surface area contributed by atoms with Gasteiger partial charge in [-0.1, -0.05) is 24.3 Å². The number of amides is 1. The molecular weight excluding hydrogens is 349 g/mol. The lowest BCUT2D eigenvalue weighted by atomic mass is 10.0. The van der Waals surface area contributed by atoms with Gasteiger partial charge in [0, 0.05) is 18.0 Å². The van der Waals surface area contributed by atoms with E-state index in [-0.39, 0.29) is 6.42 Å². The SMILES string of the molecule is O=C(O)C[C@@H](NC(=O)c1cccc(Cn2cccn2)c1)c1ccc(F)cc1. The fraction of sp³-hybridized carbons (Fsp3) is 0.150. The van der Waals surface area contributed by atoms with Crippen molar-refractivity contribution in [2.45, 2.75) is 19.0 Å². The number of carbonyl (C=O) groups is 2. The van der Waals surface area contributed by atoms with Gasteiger partial charge in [0.1, 0.15) is 5.82 Å². The summed E-state index contributed by atoms with van der Waals surface area (Å²) in [7, 11) is 0. The van der Waals surface area contributed by atoms with Crippen LogP contribution in [0.3, 0.4) is 0 Å². The molecule has 0 aliphatic carbocycles. The quantitative estimate of drug-likeness (QED) is 0.672. The third kappa shape index (κ3) is 5.01. The minimum Gasteiger partial charge on any atom is -0.481 e. The number of hydrogen-bond acceptors (Lipinski definition) is 3. The topological polar surface area (TPSA) is 84.2 Å². The van der Waals surface area contributed by atoms with E-state index in [1.165, 1.54) is 24.3 Å². The Morgan fingerprint density at radius 2 is 1.93 bits per heavy atom. The molecule has 2 N–H and O–H groups in total. The molecule has 1 heterocycles. The van der Waals surface area contributed by atoms with Gasteiger partial charge >= 0.3 is 5.97 Å². The van der Waals surface area contributed by atoms with Gasteiger partial charge in [-0.25, -0.2) is 4.39 Å². The fourth-order valence-corrected chi connectivity index (χ4v) is 2.76. The van der Waals surface area contributed by atoms with E-state index >= 15 is 0 Å². The third-order valence-electron chi connectivity index (χ3n) is 4.05. The van der Waals surface area contributed by atoms with Gasteiger partial charge in [-0.05, 0) is 41.5 Å². The summed E-state index contributed by atoms with van der Waals surface area (Å²) in [6, 6.07) is 13.5. The molecule has 0 aliphatic heterocycles. The van der Waals surface area contributed by atoms with E-state index in [2.05, 4.69) is 10.4 Å². The van der Waals surface area contributed by atoms with Crippen LogP contribution in [-0.2, 0) is 11.3 Å². The first-order chi connectivity index (χ1) is 13.0. The van der Waals surface area contributed by atoms with E-state index < -0.39 is 23.7 Å². The molecule has 27 heavy (non-hydrogen) atoms. The van der Waals surface area contributed by atoms with Crippen LogP contribution >= 0.6 is 0 Å².